The van der Waals surface area contributed by atoms with Gasteiger partial charge in [0, 0.05) is 13.1 Å². The lowest BCUT2D eigenvalue weighted by Gasteiger charge is -2.12. The van der Waals surface area contributed by atoms with Crippen molar-refractivity contribution in [1.82, 2.24) is 14.3 Å². The van der Waals surface area contributed by atoms with Crippen LogP contribution in [0.25, 0.3) is 0 Å². The Kier molecular flexibility index (Phi) is 2.50. The highest BCUT2D eigenvalue weighted by Gasteiger charge is 2.26. The minimum atomic E-state index is 0.0416. The lowest BCUT2D eigenvalue weighted by atomic mass is 10.2. The molecule has 0 N–H and O–H groups in total. The molecule has 1 atom stereocenters. The number of carbonyl (C=O) groups is 1. The molecule has 0 aliphatic carbocycles. The van der Waals surface area contributed by atoms with E-state index in [0.29, 0.717) is 16.7 Å². The Labute approximate surface area is 87.1 Å². The molecule has 0 bridgehead atoms. The smallest absolute Gasteiger partial charge is 0.284 e. The minimum absolute atomic E-state index is 0.0416. The van der Waals surface area contributed by atoms with Gasteiger partial charge in [-0.25, -0.2) is 4.98 Å². The lowest BCUT2D eigenvalue weighted by Crippen LogP contribution is -2.28. The summed E-state index contributed by atoms with van der Waals surface area (Å²) in [4.78, 5) is 17.8. The van der Waals surface area contributed by atoms with Crippen molar-refractivity contribution in [3.05, 3.63) is 10.8 Å². The highest BCUT2D eigenvalue weighted by Crippen LogP contribution is 2.18. The van der Waals surface area contributed by atoms with Crippen LogP contribution in [0.2, 0.25) is 0 Å². The molecule has 1 saturated heterocycles. The van der Waals surface area contributed by atoms with Crippen LogP contribution >= 0.6 is 11.5 Å². The Balaban J connectivity index is 2.09. The van der Waals surface area contributed by atoms with E-state index in [9.17, 15) is 4.79 Å². The van der Waals surface area contributed by atoms with Crippen LogP contribution in [-0.2, 0) is 0 Å². The van der Waals surface area contributed by atoms with Crippen molar-refractivity contribution in [3.63, 3.8) is 0 Å². The van der Waals surface area contributed by atoms with E-state index in [2.05, 4.69) is 16.3 Å². The fourth-order valence-electron chi connectivity index (χ4n) is 1.64. The lowest BCUT2D eigenvalue weighted by molar-refractivity contribution is 0.0787. The van der Waals surface area contributed by atoms with Crippen LogP contribution in [0.3, 0.4) is 0 Å². The number of likely N-dealkylation sites (tertiary alicyclic amines) is 1. The quantitative estimate of drug-likeness (QED) is 0.704. The average molecular weight is 211 g/mol. The summed E-state index contributed by atoms with van der Waals surface area (Å²) < 4.78 is 4.01. The Morgan fingerprint density at radius 1 is 1.64 bits per heavy atom. The second kappa shape index (κ2) is 3.65. The molecule has 0 spiro atoms. The van der Waals surface area contributed by atoms with Crippen molar-refractivity contribution in [2.75, 3.05) is 13.1 Å². The van der Waals surface area contributed by atoms with E-state index >= 15 is 0 Å². The molecule has 0 saturated carbocycles. The Morgan fingerprint density at radius 3 is 2.93 bits per heavy atom. The molecule has 1 aliphatic rings. The van der Waals surface area contributed by atoms with E-state index in [1.165, 1.54) is 11.5 Å². The molecular formula is C9H13N3OS. The number of carbonyl (C=O) groups excluding carboxylic acids is 1. The standard InChI is InChI=1S/C9H13N3OS/c1-6-3-4-12(5-6)9(13)8-10-7(2)11-14-8/h6H,3-5H2,1-2H3. The Bertz CT molecular complexity index is 350. The molecular weight excluding hydrogens is 198 g/mol. The molecule has 14 heavy (non-hydrogen) atoms. The normalized spacial score (nSPS) is 21.6. The van der Waals surface area contributed by atoms with Crippen LogP contribution in [-0.4, -0.2) is 33.3 Å². The van der Waals surface area contributed by atoms with Gasteiger partial charge >= 0.3 is 0 Å². The maximum absolute atomic E-state index is 11.8. The SMILES string of the molecule is Cc1nsc(C(=O)N2CCC(C)C2)n1. The van der Waals surface area contributed by atoms with Gasteiger partial charge in [-0.3, -0.25) is 4.79 Å². The third-order valence-electron chi connectivity index (χ3n) is 2.42. The second-order valence-electron chi connectivity index (χ2n) is 3.79. The van der Waals surface area contributed by atoms with Gasteiger partial charge in [0.1, 0.15) is 5.82 Å². The van der Waals surface area contributed by atoms with E-state index in [-0.39, 0.29) is 5.91 Å². The first kappa shape index (κ1) is 9.58. The van der Waals surface area contributed by atoms with Gasteiger partial charge in [-0.1, -0.05) is 6.92 Å². The van der Waals surface area contributed by atoms with Gasteiger partial charge in [0.15, 0.2) is 0 Å². The van der Waals surface area contributed by atoms with Crippen molar-refractivity contribution < 1.29 is 4.79 Å². The number of aryl methyl sites for hydroxylation is 1. The van der Waals surface area contributed by atoms with Gasteiger partial charge < -0.3 is 4.90 Å². The monoisotopic (exact) mass is 211 g/mol. The number of hydrogen-bond acceptors (Lipinski definition) is 4. The highest BCUT2D eigenvalue weighted by atomic mass is 32.1. The Morgan fingerprint density at radius 2 is 2.43 bits per heavy atom. The number of aromatic nitrogens is 2. The van der Waals surface area contributed by atoms with Gasteiger partial charge in [-0.2, -0.15) is 4.37 Å². The van der Waals surface area contributed by atoms with E-state index < -0.39 is 0 Å². The van der Waals surface area contributed by atoms with E-state index in [0.717, 1.165) is 19.5 Å². The van der Waals surface area contributed by atoms with Crippen LogP contribution < -0.4 is 0 Å². The number of nitrogens with zero attached hydrogens (tertiary/aromatic N) is 3. The van der Waals surface area contributed by atoms with E-state index in [4.69, 9.17) is 0 Å². The molecule has 2 rings (SSSR count). The number of amides is 1. The summed E-state index contributed by atoms with van der Waals surface area (Å²) in [6, 6.07) is 0. The van der Waals surface area contributed by atoms with E-state index in [1.54, 1.807) is 6.92 Å². The van der Waals surface area contributed by atoms with Gasteiger partial charge in [0.05, 0.1) is 0 Å². The van der Waals surface area contributed by atoms with Crippen molar-refractivity contribution in [3.8, 4) is 0 Å². The molecule has 1 fully saturated rings. The first-order valence-corrected chi connectivity index (χ1v) is 5.53. The maximum Gasteiger partial charge on any atom is 0.284 e. The van der Waals surface area contributed by atoms with Crippen molar-refractivity contribution >= 4 is 17.4 Å². The molecule has 0 radical (unpaired) electrons. The predicted molar refractivity (Wildman–Crippen MR) is 54.3 cm³/mol. The molecule has 76 valence electrons. The zero-order valence-electron chi connectivity index (χ0n) is 8.36. The van der Waals surface area contributed by atoms with Gasteiger partial charge in [-0.05, 0) is 30.8 Å². The largest absolute Gasteiger partial charge is 0.336 e. The first-order valence-electron chi connectivity index (χ1n) is 4.76. The van der Waals surface area contributed by atoms with Crippen molar-refractivity contribution in [2.45, 2.75) is 20.3 Å². The zero-order chi connectivity index (χ0) is 10.1. The van der Waals surface area contributed by atoms with Crippen LogP contribution in [0, 0.1) is 12.8 Å². The molecule has 4 nitrogen and oxygen atoms in total. The van der Waals surface area contributed by atoms with Crippen molar-refractivity contribution in [1.29, 1.82) is 0 Å². The molecule has 5 heteroatoms. The fraction of sp³-hybridized carbons (Fsp3) is 0.667. The molecule has 1 unspecified atom stereocenters. The second-order valence-corrected chi connectivity index (χ2v) is 4.54. The first-order chi connectivity index (χ1) is 6.66. The molecule has 1 aromatic heterocycles. The summed E-state index contributed by atoms with van der Waals surface area (Å²) in [7, 11) is 0. The molecule has 2 heterocycles. The summed E-state index contributed by atoms with van der Waals surface area (Å²) in [5, 5.41) is 0.525. The summed E-state index contributed by atoms with van der Waals surface area (Å²) in [5.74, 6) is 1.35. The van der Waals surface area contributed by atoms with E-state index in [1.807, 2.05) is 4.90 Å². The van der Waals surface area contributed by atoms with Crippen molar-refractivity contribution in [2.24, 2.45) is 5.92 Å². The number of hydrogen-bond donors (Lipinski definition) is 0. The maximum atomic E-state index is 11.8. The zero-order valence-corrected chi connectivity index (χ0v) is 9.17. The minimum Gasteiger partial charge on any atom is -0.336 e. The summed E-state index contributed by atoms with van der Waals surface area (Å²) in [5.41, 5.74) is 0. The molecule has 1 aromatic rings. The molecule has 1 amide bonds. The summed E-state index contributed by atoms with van der Waals surface area (Å²) in [6.07, 6.45) is 1.10. The van der Waals surface area contributed by atoms with Crippen LogP contribution in [0.15, 0.2) is 0 Å². The predicted octanol–water partition coefficient (Wildman–Crippen LogP) is 1.33. The van der Waals surface area contributed by atoms with Crippen LogP contribution in [0.5, 0.6) is 0 Å². The summed E-state index contributed by atoms with van der Waals surface area (Å²) >= 11 is 1.19. The van der Waals surface area contributed by atoms with Gasteiger partial charge in [0.25, 0.3) is 5.91 Å². The van der Waals surface area contributed by atoms with Crippen LogP contribution in [0.1, 0.15) is 29.0 Å². The third-order valence-corrected chi connectivity index (χ3v) is 3.22. The third kappa shape index (κ3) is 1.77. The molecule has 1 aliphatic heterocycles. The van der Waals surface area contributed by atoms with Crippen LogP contribution in [0.4, 0.5) is 0 Å². The molecule has 0 aromatic carbocycles. The highest BCUT2D eigenvalue weighted by molar-refractivity contribution is 7.07. The summed E-state index contributed by atoms with van der Waals surface area (Å²) in [6.45, 7) is 5.69. The fourth-order valence-corrected chi connectivity index (χ4v) is 2.28. The Hall–Kier alpha value is -0.970. The number of rotatable bonds is 1. The van der Waals surface area contributed by atoms with Gasteiger partial charge in [0.2, 0.25) is 5.01 Å². The topological polar surface area (TPSA) is 46.1 Å². The average Bonchev–Trinajstić information content (AvgIpc) is 2.73. The van der Waals surface area contributed by atoms with Gasteiger partial charge in [-0.15, -0.1) is 0 Å².